The van der Waals surface area contributed by atoms with Crippen molar-refractivity contribution in [1.29, 1.82) is 0 Å². The fraction of sp³-hybridized carbons (Fsp3) is 0.429. The fourth-order valence-electron chi connectivity index (χ4n) is 3.94. The number of hydrogen-bond acceptors (Lipinski definition) is 4. The molecule has 6 nitrogen and oxygen atoms in total. The molecule has 0 spiro atoms. The first kappa shape index (κ1) is 16.6. The summed E-state index contributed by atoms with van der Waals surface area (Å²) in [6.45, 7) is 2.83. The van der Waals surface area contributed by atoms with E-state index in [0.717, 1.165) is 67.9 Å². The zero-order chi connectivity index (χ0) is 18.2. The number of nitrogens with one attached hydrogen (secondary N) is 1. The summed E-state index contributed by atoms with van der Waals surface area (Å²) >= 11 is 0. The molecule has 0 atom stereocenters. The third-order valence-corrected chi connectivity index (χ3v) is 5.63. The Hall–Kier alpha value is -2.60. The van der Waals surface area contributed by atoms with E-state index in [1.165, 1.54) is 0 Å². The van der Waals surface area contributed by atoms with Crippen LogP contribution in [0.4, 0.5) is 5.82 Å². The summed E-state index contributed by atoms with van der Waals surface area (Å²) in [4.78, 5) is 14.5. The van der Waals surface area contributed by atoms with E-state index in [-0.39, 0.29) is 11.8 Å². The molecule has 2 fully saturated rings. The van der Waals surface area contributed by atoms with Gasteiger partial charge in [-0.15, -0.1) is 0 Å². The standard InChI is InChI=1S/C21H24N4O2/c26-21(15-5-6-15)23-20-7-10-22-25(20)17-8-11-24(12-9-17)14-18-13-16-3-1-2-4-19(16)27-18/h1-4,7,10,13,15,17H,5-6,8-9,11-12,14H2,(H,23,26). The Morgan fingerprint density at radius 1 is 1.15 bits per heavy atom. The van der Waals surface area contributed by atoms with Crippen LogP contribution in [0.3, 0.4) is 0 Å². The van der Waals surface area contributed by atoms with Crippen LogP contribution >= 0.6 is 0 Å². The topological polar surface area (TPSA) is 63.3 Å². The van der Waals surface area contributed by atoms with Crippen molar-refractivity contribution in [3.05, 3.63) is 48.4 Å². The molecule has 0 unspecified atom stereocenters. The van der Waals surface area contributed by atoms with Gasteiger partial charge in [-0.05, 0) is 37.8 Å². The lowest BCUT2D eigenvalue weighted by Crippen LogP contribution is -2.35. The highest BCUT2D eigenvalue weighted by molar-refractivity contribution is 5.93. The predicted molar refractivity (Wildman–Crippen MR) is 103 cm³/mol. The average molecular weight is 364 g/mol. The molecule has 6 heteroatoms. The number of hydrogen-bond donors (Lipinski definition) is 1. The van der Waals surface area contributed by atoms with E-state index < -0.39 is 0 Å². The molecule has 3 aromatic rings. The molecule has 1 amide bonds. The van der Waals surface area contributed by atoms with E-state index in [2.05, 4.69) is 27.4 Å². The molecule has 2 aromatic heterocycles. The molecule has 27 heavy (non-hydrogen) atoms. The largest absolute Gasteiger partial charge is 0.460 e. The fourth-order valence-corrected chi connectivity index (χ4v) is 3.94. The molecular weight excluding hydrogens is 340 g/mol. The number of furan rings is 1. The number of para-hydroxylation sites is 1. The van der Waals surface area contributed by atoms with Gasteiger partial charge in [0.05, 0.1) is 18.8 Å². The van der Waals surface area contributed by atoms with Crippen molar-refractivity contribution in [3.63, 3.8) is 0 Å². The van der Waals surface area contributed by atoms with Crippen LogP contribution in [-0.2, 0) is 11.3 Å². The Morgan fingerprint density at radius 3 is 2.74 bits per heavy atom. The maximum Gasteiger partial charge on any atom is 0.228 e. The lowest BCUT2D eigenvalue weighted by atomic mass is 10.1. The van der Waals surface area contributed by atoms with E-state index in [1.807, 2.05) is 28.9 Å². The molecule has 140 valence electrons. The molecule has 1 N–H and O–H groups in total. The van der Waals surface area contributed by atoms with Crippen LogP contribution in [0, 0.1) is 5.92 Å². The number of carbonyl (C=O) groups excluding carboxylic acids is 1. The molecule has 1 aliphatic carbocycles. The minimum atomic E-state index is 0.138. The number of fused-ring (bicyclic) bond motifs is 1. The third kappa shape index (κ3) is 3.49. The van der Waals surface area contributed by atoms with Crippen molar-refractivity contribution in [2.45, 2.75) is 38.3 Å². The van der Waals surface area contributed by atoms with Crippen molar-refractivity contribution in [2.24, 2.45) is 5.92 Å². The van der Waals surface area contributed by atoms with Crippen molar-refractivity contribution in [1.82, 2.24) is 14.7 Å². The van der Waals surface area contributed by atoms with Crippen LogP contribution in [0.1, 0.15) is 37.5 Å². The molecule has 5 rings (SSSR count). The molecule has 2 aliphatic rings. The van der Waals surface area contributed by atoms with Crippen LogP contribution in [0.5, 0.6) is 0 Å². The molecule has 3 heterocycles. The number of piperidine rings is 1. The van der Waals surface area contributed by atoms with Gasteiger partial charge in [0.1, 0.15) is 17.2 Å². The van der Waals surface area contributed by atoms with Crippen LogP contribution in [0.25, 0.3) is 11.0 Å². The van der Waals surface area contributed by atoms with Crippen LogP contribution in [0.15, 0.2) is 47.0 Å². The van der Waals surface area contributed by atoms with Gasteiger partial charge in [-0.2, -0.15) is 5.10 Å². The highest BCUT2D eigenvalue weighted by Crippen LogP contribution is 2.31. The summed E-state index contributed by atoms with van der Waals surface area (Å²) in [6, 6.07) is 12.5. The first-order chi connectivity index (χ1) is 13.3. The van der Waals surface area contributed by atoms with E-state index in [0.29, 0.717) is 6.04 Å². The van der Waals surface area contributed by atoms with Gasteiger partial charge in [0, 0.05) is 30.5 Å². The number of nitrogens with zero attached hydrogens (tertiary/aromatic N) is 3. The van der Waals surface area contributed by atoms with E-state index in [4.69, 9.17) is 4.42 Å². The van der Waals surface area contributed by atoms with Gasteiger partial charge in [0.15, 0.2) is 0 Å². The molecule has 1 saturated carbocycles. The van der Waals surface area contributed by atoms with Crippen molar-refractivity contribution in [2.75, 3.05) is 18.4 Å². The first-order valence-corrected chi connectivity index (χ1v) is 9.80. The number of anilines is 1. The average Bonchev–Trinajstić information content (AvgIpc) is 3.31. The predicted octanol–water partition coefficient (Wildman–Crippen LogP) is 3.81. The van der Waals surface area contributed by atoms with Gasteiger partial charge in [-0.3, -0.25) is 9.69 Å². The summed E-state index contributed by atoms with van der Waals surface area (Å²) in [6.07, 6.45) is 5.85. The highest BCUT2D eigenvalue weighted by atomic mass is 16.3. The second kappa shape index (κ2) is 6.85. The second-order valence-electron chi connectivity index (χ2n) is 7.68. The Balaban J connectivity index is 1.20. The monoisotopic (exact) mass is 364 g/mol. The van der Waals surface area contributed by atoms with Crippen molar-refractivity contribution < 1.29 is 9.21 Å². The zero-order valence-corrected chi connectivity index (χ0v) is 15.3. The van der Waals surface area contributed by atoms with Gasteiger partial charge in [0.25, 0.3) is 0 Å². The summed E-state index contributed by atoms with van der Waals surface area (Å²) in [5.41, 5.74) is 0.954. The number of carbonyl (C=O) groups is 1. The maximum absolute atomic E-state index is 12.1. The van der Waals surface area contributed by atoms with Crippen LogP contribution in [0.2, 0.25) is 0 Å². The van der Waals surface area contributed by atoms with Crippen molar-refractivity contribution >= 4 is 22.7 Å². The Bertz CT molecular complexity index is 915. The lowest BCUT2D eigenvalue weighted by Gasteiger charge is -2.32. The van der Waals surface area contributed by atoms with Gasteiger partial charge >= 0.3 is 0 Å². The smallest absolute Gasteiger partial charge is 0.228 e. The Kier molecular flexibility index (Phi) is 4.20. The Labute approximate surface area is 158 Å². The van der Waals surface area contributed by atoms with Crippen molar-refractivity contribution in [3.8, 4) is 0 Å². The number of rotatable bonds is 5. The van der Waals surface area contributed by atoms with Crippen LogP contribution in [-0.4, -0.2) is 33.7 Å². The molecular formula is C21H24N4O2. The summed E-state index contributed by atoms with van der Waals surface area (Å²) < 4.78 is 7.95. The number of benzene rings is 1. The van der Waals surface area contributed by atoms with Gasteiger partial charge < -0.3 is 9.73 Å². The highest BCUT2D eigenvalue weighted by Gasteiger charge is 2.31. The van der Waals surface area contributed by atoms with E-state index in [1.54, 1.807) is 6.20 Å². The van der Waals surface area contributed by atoms with E-state index >= 15 is 0 Å². The van der Waals surface area contributed by atoms with Crippen LogP contribution < -0.4 is 5.32 Å². The zero-order valence-electron chi connectivity index (χ0n) is 15.3. The summed E-state index contributed by atoms with van der Waals surface area (Å²) in [5.74, 6) is 2.20. The van der Waals surface area contributed by atoms with Gasteiger partial charge in [-0.25, -0.2) is 4.68 Å². The molecule has 0 radical (unpaired) electrons. The van der Waals surface area contributed by atoms with Gasteiger partial charge in [0.2, 0.25) is 5.91 Å². The summed E-state index contributed by atoms with van der Waals surface area (Å²) in [5, 5.41) is 8.69. The minimum Gasteiger partial charge on any atom is -0.460 e. The third-order valence-electron chi connectivity index (χ3n) is 5.63. The quantitative estimate of drug-likeness (QED) is 0.748. The summed E-state index contributed by atoms with van der Waals surface area (Å²) in [7, 11) is 0. The SMILES string of the molecule is O=C(Nc1ccnn1C1CCN(Cc2cc3ccccc3o2)CC1)C1CC1. The molecule has 1 aromatic carbocycles. The number of likely N-dealkylation sites (tertiary alicyclic amines) is 1. The lowest BCUT2D eigenvalue weighted by molar-refractivity contribution is -0.117. The Morgan fingerprint density at radius 2 is 1.96 bits per heavy atom. The molecule has 0 bridgehead atoms. The molecule has 1 saturated heterocycles. The normalized spacial score (nSPS) is 18.8. The van der Waals surface area contributed by atoms with Gasteiger partial charge in [-0.1, -0.05) is 18.2 Å². The first-order valence-electron chi connectivity index (χ1n) is 9.80. The second-order valence-corrected chi connectivity index (χ2v) is 7.68. The maximum atomic E-state index is 12.1. The molecule has 1 aliphatic heterocycles. The minimum absolute atomic E-state index is 0.138. The number of aromatic nitrogens is 2. The van der Waals surface area contributed by atoms with E-state index in [9.17, 15) is 4.79 Å². The number of amides is 1.